The Bertz CT molecular complexity index is 4060. The number of rotatable bonds is 20. The second-order valence-corrected chi connectivity index (χ2v) is 33.6. The average molecular weight is 1350 g/mol. The molecule has 2 aromatic carbocycles. The molecule has 2 saturated heterocycles. The number of hydrogen-bond donors (Lipinski definition) is 5. The first kappa shape index (κ1) is 67.0. The van der Waals surface area contributed by atoms with Crippen molar-refractivity contribution in [3.8, 4) is 21.6 Å². The second-order valence-electron chi connectivity index (χ2n) is 31.7. The van der Waals surface area contributed by atoms with Gasteiger partial charge in [-0.05, 0) is 194 Å². The van der Waals surface area contributed by atoms with Crippen LogP contribution in [0.4, 0.5) is 22.6 Å². The number of ether oxygens (including phenoxy) is 1. The number of β-amino-alcohol motifs (C(OH)–C–C–N with tert-alkyl or cyclic N) is 1. The van der Waals surface area contributed by atoms with Crippen molar-refractivity contribution >= 4 is 79.1 Å². The first-order valence-electron chi connectivity index (χ1n) is 35.5. The van der Waals surface area contributed by atoms with E-state index in [0.717, 1.165) is 130 Å². The van der Waals surface area contributed by atoms with Crippen LogP contribution in [-0.2, 0) is 32.1 Å². The van der Waals surface area contributed by atoms with E-state index >= 15 is 4.79 Å². The van der Waals surface area contributed by atoms with Gasteiger partial charge < -0.3 is 45.8 Å². The third-order valence-electron chi connectivity index (χ3n) is 22.5. The smallest absolute Gasteiger partial charge is 0.270 e. The van der Waals surface area contributed by atoms with Gasteiger partial charge in [0, 0.05) is 73.0 Å². The van der Waals surface area contributed by atoms with Crippen LogP contribution in [0, 0.1) is 48.3 Å². The molecule has 0 spiro atoms. The molecule has 5 aromatic heterocycles. The molecule has 8 atom stereocenters. The minimum atomic E-state index is -0.950. The number of carbonyl (C=O) groups excluding carboxylic acids is 4. The third kappa shape index (κ3) is 13.8. The van der Waals surface area contributed by atoms with Gasteiger partial charge in [-0.1, -0.05) is 82.4 Å². The van der Waals surface area contributed by atoms with Crippen LogP contribution in [0.1, 0.15) is 182 Å². The van der Waals surface area contributed by atoms with Gasteiger partial charge in [-0.15, -0.1) is 21.5 Å². The summed E-state index contributed by atoms with van der Waals surface area (Å²) in [5.41, 5.74) is 10.2. The van der Waals surface area contributed by atoms with Crippen LogP contribution in [-0.4, -0.2) is 143 Å². The molecule has 0 radical (unpaired) electrons. The van der Waals surface area contributed by atoms with E-state index in [-0.39, 0.29) is 77.0 Å². The molecule has 22 heteroatoms. The number of para-hydroxylation sites is 1. The molecule has 3 aliphatic heterocycles. The maximum atomic E-state index is 15.3. The number of likely N-dealkylation sites (tertiary alicyclic amines) is 2. The van der Waals surface area contributed by atoms with E-state index in [9.17, 15) is 19.5 Å². The Hall–Kier alpha value is -7.24. The van der Waals surface area contributed by atoms with Crippen molar-refractivity contribution < 1.29 is 29.0 Å². The van der Waals surface area contributed by atoms with Gasteiger partial charge in [0.25, 0.3) is 5.91 Å². The lowest BCUT2D eigenvalue weighted by atomic mass is 9.39. The average Bonchev–Trinajstić information content (AvgIpc) is 0.816. The monoisotopic (exact) mass is 1350 g/mol. The fraction of sp³-hybridized carbons (Fsp3) is 0.573. The Labute approximate surface area is 577 Å². The predicted molar refractivity (Wildman–Crippen MR) is 380 cm³/mol. The lowest BCUT2D eigenvalue weighted by Gasteiger charge is -2.69. The highest BCUT2D eigenvalue weighted by Crippen LogP contribution is 2.72. The first-order valence-corrected chi connectivity index (χ1v) is 37.2. The molecule has 15 rings (SSSR count). The van der Waals surface area contributed by atoms with Crippen LogP contribution < -0.4 is 26.2 Å². The number of carbonyl (C=O) groups is 4. The molecule has 5 aliphatic carbocycles. The summed E-state index contributed by atoms with van der Waals surface area (Å²) in [6.45, 7) is 24.4. The number of aromatic nitrogens is 7. The maximum absolute atomic E-state index is 15.3. The summed E-state index contributed by atoms with van der Waals surface area (Å²) in [4.78, 5) is 79.9. The highest BCUT2D eigenvalue weighted by atomic mass is 32.1. The topological polar surface area (TPSA) is 238 Å². The van der Waals surface area contributed by atoms with Crippen molar-refractivity contribution in [3.63, 3.8) is 0 Å². The number of aliphatic hydroxyl groups excluding tert-OH is 1. The zero-order valence-electron chi connectivity index (χ0n) is 57.9. The molecule has 7 fully saturated rings. The van der Waals surface area contributed by atoms with Crippen LogP contribution in [0.25, 0.3) is 31.8 Å². The molecule has 20 nitrogen and oxygen atoms in total. The minimum Gasteiger partial charge on any atom is -0.391 e. The summed E-state index contributed by atoms with van der Waals surface area (Å²) in [5, 5.41) is 39.6. The highest BCUT2D eigenvalue weighted by molar-refractivity contribution is 7.22. The van der Waals surface area contributed by atoms with Crippen molar-refractivity contribution in [2.75, 3.05) is 49.5 Å². The number of hydrogen-bond acceptors (Lipinski definition) is 17. The Morgan fingerprint density at radius 2 is 1.59 bits per heavy atom. The van der Waals surface area contributed by atoms with Gasteiger partial charge in [0.1, 0.15) is 23.6 Å². The summed E-state index contributed by atoms with van der Waals surface area (Å²) >= 11 is 3.16. The van der Waals surface area contributed by atoms with Crippen LogP contribution in [0.5, 0.6) is 0 Å². The number of nitrogens with one attached hydrogen (secondary N) is 4. The molecule has 8 aliphatic rings. The van der Waals surface area contributed by atoms with Gasteiger partial charge in [0.05, 0.1) is 56.8 Å². The van der Waals surface area contributed by atoms with Crippen LogP contribution in [0.2, 0.25) is 0 Å². The second kappa shape index (κ2) is 26.5. The van der Waals surface area contributed by atoms with Gasteiger partial charge in [0.15, 0.2) is 16.8 Å². The van der Waals surface area contributed by atoms with Crippen molar-refractivity contribution in [3.05, 3.63) is 106 Å². The summed E-state index contributed by atoms with van der Waals surface area (Å²) in [6, 6.07) is 17.8. The standard InChI is InChI=1S/C75H96N14O6S2/c1-45-54-15-14-30-87(66(54)85-84-65(45)83-70-80-57-16-10-11-17-59(57)97-70)60-27-26-55(56-35-77-89(48(56)4)43-74-38-72(8)37-73(9,39-74)41-75(40-72,42-74)95-32-31-86-28-12-13-29-86)62(81-60)68(93)79-52-24-18-49(19-25-52)33-61(91)82-64(71(5,6)7)69(94)88-36-53(90)34-58(88)67(92)78-46(2)50-20-22-51(23-21-50)63-47(3)76-44-96-63/h10-11,16-17,20-23,26-27,35,44,46,49,52-53,58,64,90H,12-15,18-19,24-25,28-34,36-43H2,1-9H3,(H,78,92)(H,79,93)(H,82,91)(H,80,83,84)/t46-,49?,52?,53+,58-,64+,72-,73+,74+,75-/m0/s1. The zero-order chi connectivity index (χ0) is 67.8. The quantitative estimate of drug-likeness (QED) is 0.0477. The van der Waals surface area contributed by atoms with Crippen molar-refractivity contribution in [1.29, 1.82) is 0 Å². The van der Waals surface area contributed by atoms with E-state index in [1.807, 2.05) is 101 Å². The van der Waals surface area contributed by atoms with E-state index < -0.39 is 29.5 Å². The summed E-state index contributed by atoms with van der Waals surface area (Å²) in [7, 11) is 0. The van der Waals surface area contributed by atoms with Crippen molar-refractivity contribution in [1.82, 2.24) is 60.7 Å². The Morgan fingerprint density at radius 1 is 0.835 bits per heavy atom. The van der Waals surface area contributed by atoms with Gasteiger partial charge in [0.2, 0.25) is 17.7 Å². The SMILES string of the molecule is Cc1ncsc1-c1ccc([C@H](C)NC(=O)[C@@H]2C[C@@H](O)CN2C(=O)[C@@H](NC(=O)CC2CCC(NC(=O)c3nc(N4CCCc5c4nnc(Nc4nc6ccccc6s4)c5C)ccc3-c3cnn(C[C@]45C[C@]6(C)C[C@](C)(C4)C[C@@](OCCN4CCCC4)(C6)C5)c3C)CC2)C(C)(C)C)cc1. The van der Waals surface area contributed by atoms with E-state index in [1.165, 1.54) is 37.3 Å². The highest BCUT2D eigenvalue weighted by Gasteiger charge is 2.66. The fourth-order valence-corrected chi connectivity index (χ4v) is 20.6. The number of thiazole rings is 2. The molecule has 0 unspecified atom stereocenters. The van der Waals surface area contributed by atoms with E-state index in [0.29, 0.717) is 55.1 Å². The van der Waals surface area contributed by atoms with Gasteiger partial charge >= 0.3 is 0 Å². The number of aryl methyl sites for hydroxylation is 1. The molecule has 514 valence electrons. The molecule has 5 N–H and O–H groups in total. The molecule has 4 amide bonds. The number of amides is 4. The summed E-state index contributed by atoms with van der Waals surface area (Å²) < 4.78 is 10.5. The third-order valence-corrected chi connectivity index (χ3v) is 24.5. The maximum Gasteiger partial charge on any atom is 0.270 e. The molecule has 7 aromatic rings. The Morgan fingerprint density at radius 3 is 2.31 bits per heavy atom. The Kier molecular flexibility index (Phi) is 18.3. The largest absolute Gasteiger partial charge is 0.391 e. The van der Waals surface area contributed by atoms with Crippen LogP contribution >= 0.6 is 22.7 Å². The number of aliphatic hydroxyl groups is 1. The van der Waals surface area contributed by atoms with Crippen LogP contribution in [0.3, 0.4) is 0 Å². The first-order chi connectivity index (χ1) is 46.4. The summed E-state index contributed by atoms with van der Waals surface area (Å²) in [6.07, 6.45) is 15.0. The normalized spacial score (nSPS) is 26.9. The molecule has 4 bridgehead atoms. The molecule has 5 saturated carbocycles. The number of anilines is 4. The van der Waals surface area contributed by atoms with E-state index in [2.05, 4.69) is 74.5 Å². The number of fused-ring (bicyclic) bond motifs is 2. The molecule has 8 heterocycles. The number of benzene rings is 2. The fourth-order valence-electron chi connectivity index (χ4n) is 18.9. The predicted octanol–water partition coefficient (Wildman–Crippen LogP) is 12.5. The summed E-state index contributed by atoms with van der Waals surface area (Å²) in [5.74, 6) is 0.732. The lowest BCUT2D eigenvalue weighted by Crippen LogP contribution is -2.64. The Balaban J connectivity index is 0.667. The van der Waals surface area contributed by atoms with Crippen molar-refractivity contribution in [2.24, 2.45) is 27.6 Å². The molecule has 97 heavy (non-hydrogen) atoms. The van der Waals surface area contributed by atoms with E-state index in [1.54, 1.807) is 22.7 Å². The van der Waals surface area contributed by atoms with Crippen molar-refractivity contribution in [2.45, 2.75) is 207 Å². The number of pyridine rings is 1. The minimum absolute atomic E-state index is 0.0132. The van der Waals surface area contributed by atoms with Gasteiger partial charge in [-0.3, -0.25) is 23.9 Å². The molecular formula is C75H96N14O6S2. The number of nitrogens with zero attached hydrogens (tertiary/aromatic N) is 10. The van der Waals surface area contributed by atoms with Gasteiger partial charge in [-0.25, -0.2) is 15.0 Å². The molecular weight excluding hydrogens is 1260 g/mol. The lowest BCUT2D eigenvalue weighted by molar-refractivity contribution is -0.248. The van der Waals surface area contributed by atoms with E-state index in [4.69, 9.17) is 30.0 Å². The van der Waals surface area contributed by atoms with Crippen LogP contribution in [0.15, 0.2) is 72.4 Å². The van der Waals surface area contributed by atoms with Gasteiger partial charge in [-0.2, -0.15) is 5.10 Å². The zero-order valence-corrected chi connectivity index (χ0v) is 59.6.